The van der Waals surface area contributed by atoms with Crippen LogP contribution in [0.4, 0.5) is 0 Å². The maximum atomic E-state index is 5.96. The van der Waals surface area contributed by atoms with Gasteiger partial charge in [-0.05, 0) is 39.0 Å². The van der Waals surface area contributed by atoms with Gasteiger partial charge in [0.05, 0.1) is 11.2 Å². The standard InChI is InChI=1S/C13H15ClN2/c1-13(2,3)16-8-7-12(15-16)10-5-4-6-11(14)9-10/h4-9H,1-3H3. The Morgan fingerprint density at radius 3 is 2.50 bits per heavy atom. The van der Waals surface area contributed by atoms with Crippen molar-refractivity contribution in [1.82, 2.24) is 9.78 Å². The van der Waals surface area contributed by atoms with Gasteiger partial charge < -0.3 is 0 Å². The van der Waals surface area contributed by atoms with Gasteiger partial charge in [-0.2, -0.15) is 5.10 Å². The highest BCUT2D eigenvalue weighted by Crippen LogP contribution is 2.22. The smallest absolute Gasteiger partial charge is 0.0923 e. The predicted octanol–water partition coefficient (Wildman–Crippen LogP) is 3.96. The number of nitrogens with zero attached hydrogens (tertiary/aromatic N) is 2. The van der Waals surface area contributed by atoms with E-state index in [-0.39, 0.29) is 5.54 Å². The molecule has 0 fully saturated rings. The fourth-order valence-electron chi connectivity index (χ4n) is 1.50. The molecule has 0 spiro atoms. The Morgan fingerprint density at radius 2 is 1.94 bits per heavy atom. The first kappa shape index (κ1) is 11.2. The van der Waals surface area contributed by atoms with Crippen molar-refractivity contribution in [3.63, 3.8) is 0 Å². The second kappa shape index (κ2) is 3.95. The largest absolute Gasteiger partial charge is 0.267 e. The molecule has 2 rings (SSSR count). The quantitative estimate of drug-likeness (QED) is 0.730. The number of rotatable bonds is 1. The van der Waals surface area contributed by atoms with Crippen LogP contribution < -0.4 is 0 Å². The molecule has 0 atom stereocenters. The molecule has 16 heavy (non-hydrogen) atoms. The van der Waals surface area contributed by atoms with Crippen LogP contribution in [0.25, 0.3) is 11.3 Å². The normalized spacial score (nSPS) is 11.8. The van der Waals surface area contributed by atoms with Crippen molar-refractivity contribution in [1.29, 1.82) is 0 Å². The van der Waals surface area contributed by atoms with Crippen molar-refractivity contribution >= 4 is 11.6 Å². The monoisotopic (exact) mass is 234 g/mol. The van der Waals surface area contributed by atoms with Crippen LogP contribution in [0, 0.1) is 0 Å². The zero-order valence-electron chi connectivity index (χ0n) is 9.74. The summed E-state index contributed by atoms with van der Waals surface area (Å²) < 4.78 is 1.96. The van der Waals surface area contributed by atoms with Gasteiger partial charge in [0.1, 0.15) is 0 Å². The van der Waals surface area contributed by atoms with Gasteiger partial charge in [0.25, 0.3) is 0 Å². The van der Waals surface area contributed by atoms with Crippen LogP contribution in [-0.4, -0.2) is 9.78 Å². The van der Waals surface area contributed by atoms with Gasteiger partial charge in [-0.1, -0.05) is 23.7 Å². The molecule has 3 heteroatoms. The summed E-state index contributed by atoms with van der Waals surface area (Å²) in [5.41, 5.74) is 2.02. The minimum absolute atomic E-state index is 0.0107. The number of hydrogen-bond donors (Lipinski definition) is 0. The second-order valence-corrected chi connectivity index (χ2v) is 5.26. The fraction of sp³-hybridized carbons (Fsp3) is 0.308. The Kier molecular flexibility index (Phi) is 2.76. The molecule has 0 saturated carbocycles. The molecule has 0 aliphatic heterocycles. The molecule has 1 aromatic carbocycles. The summed E-state index contributed by atoms with van der Waals surface area (Å²) in [6.45, 7) is 6.38. The number of benzene rings is 1. The molecule has 0 amide bonds. The molecule has 0 bridgehead atoms. The van der Waals surface area contributed by atoms with Crippen molar-refractivity contribution in [3.8, 4) is 11.3 Å². The van der Waals surface area contributed by atoms with E-state index in [9.17, 15) is 0 Å². The minimum Gasteiger partial charge on any atom is -0.267 e. The van der Waals surface area contributed by atoms with Crippen LogP contribution in [-0.2, 0) is 5.54 Å². The Balaban J connectivity index is 2.39. The van der Waals surface area contributed by atoms with E-state index in [1.54, 1.807) is 0 Å². The van der Waals surface area contributed by atoms with Crippen molar-refractivity contribution < 1.29 is 0 Å². The highest BCUT2D eigenvalue weighted by atomic mass is 35.5. The lowest BCUT2D eigenvalue weighted by atomic mass is 10.1. The van der Waals surface area contributed by atoms with E-state index in [4.69, 9.17) is 11.6 Å². The van der Waals surface area contributed by atoms with Gasteiger partial charge in [0.15, 0.2) is 0 Å². The highest BCUT2D eigenvalue weighted by molar-refractivity contribution is 6.30. The third-order valence-electron chi connectivity index (χ3n) is 2.40. The molecule has 0 saturated heterocycles. The molecule has 0 aliphatic carbocycles. The Hall–Kier alpha value is -1.28. The molecular weight excluding hydrogens is 220 g/mol. The van der Waals surface area contributed by atoms with E-state index in [0.29, 0.717) is 0 Å². The van der Waals surface area contributed by atoms with Gasteiger partial charge in [0.2, 0.25) is 0 Å². The first-order valence-electron chi connectivity index (χ1n) is 5.29. The average Bonchev–Trinajstić information content (AvgIpc) is 2.65. The Bertz CT molecular complexity index is 495. The zero-order valence-corrected chi connectivity index (χ0v) is 10.5. The lowest BCUT2D eigenvalue weighted by Gasteiger charge is -2.18. The Morgan fingerprint density at radius 1 is 1.19 bits per heavy atom. The zero-order chi connectivity index (χ0) is 11.8. The molecule has 0 radical (unpaired) electrons. The van der Waals surface area contributed by atoms with Gasteiger partial charge in [-0.25, -0.2) is 0 Å². The van der Waals surface area contributed by atoms with Crippen LogP contribution >= 0.6 is 11.6 Å². The first-order valence-corrected chi connectivity index (χ1v) is 5.67. The summed E-state index contributed by atoms with van der Waals surface area (Å²) in [5, 5.41) is 5.29. The van der Waals surface area contributed by atoms with Crippen LogP contribution in [0.15, 0.2) is 36.5 Å². The van der Waals surface area contributed by atoms with Crippen LogP contribution in [0.1, 0.15) is 20.8 Å². The third-order valence-corrected chi connectivity index (χ3v) is 2.63. The summed E-state index contributed by atoms with van der Waals surface area (Å²) >= 11 is 5.96. The lowest BCUT2D eigenvalue weighted by molar-refractivity contribution is 0.356. The van der Waals surface area contributed by atoms with Crippen LogP contribution in [0.3, 0.4) is 0 Å². The summed E-state index contributed by atoms with van der Waals surface area (Å²) in [4.78, 5) is 0. The summed E-state index contributed by atoms with van der Waals surface area (Å²) in [7, 11) is 0. The van der Waals surface area contributed by atoms with Gasteiger partial charge in [-0.3, -0.25) is 4.68 Å². The summed E-state index contributed by atoms with van der Waals surface area (Å²) in [6.07, 6.45) is 2.00. The predicted molar refractivity (Wildman–Crippen MR) is 67.7 cm³/mol. The molecule has 1 aromatic heterocycles. The van der Waals surface area contributed by atoms with Gasteiger partial charge in [0, 0.05) is 16.8 Å². The van der Waals surface area contributed by atoms with Gasteiger partial charge >= 0.3 is 0 Å². The van der Waals surface area contributed by atoms with Crippen LogP contribution in [0.5, 0.6) is 0 Å². The molecule has 84 valence electrons. The summed E-state index contributed by atoms with van der Waals surface area (Å²) in [5.74, 6) is 0. The van der Waals surface area contributed by atoms with E-state index in [0.717, 1.165) is 16.3 Å². The Labute approximate surface area is 101 Å². The molecule has 0 N–H and O–H groups in total. The van der Waals surface area contributed by atoms with E-state index in [2.05, 4.69) is 25.9 Å². The van der Waals surface area contributed by atoms with Gasteiger partial charge in [-0.15, -0.1) is 0 Å². The van der Waals surface area contributed by atoms with Crippen molar-refractivity contribution in [2.24, 2.45) is 0 Å². The molecule has 0 unspecified atom stereocenters. The maximum Gasteiger partial charge on any atom is 0.0923 e. The van der Waals surface area contributed by atoms with E-state index in [1.807, 2.05) is 41.2 Å². The number of hydrogen-bond acceptors (Lipinski definition) is 1. The van der Waals surface area contributed by atoms with E-state index in [1.165, 1.54) is 0 Å². The topological polar surface area (TPSA) is 17.8 Å². The van der Waals surface area contributed by atoms with E-state index < -0.39 is 0 Å². The minimum atomic E-state index is 0.0107. The SMILES string of the molecule is CC(C)(C)n1ccc(-c2cccc(Cl)c2)n1. The lowest BCUT2D eigenvalue weighted by Crippen LogP contribution is -2.22. The fourth-order valence-corrected chi connectivity index (χ4v) is 1.69. The number of aromatic nitrogens is 2. The third kappa shape index (κ3) is 2.27. The summed E-state index contributed by atoms with van der Waals surface area (Å²) in [6, 6.07) is 9.76. The molecular formula is C13H15ClN2. The van der Waals surface area contributed by atoms with E-state index >= 15 is 0 Å². The maximum absolute atomic E-state index is 5.96. The second-order valence-electron chi connectivity index (χ2n) is 4.83. The van der Waals surface area contributed by atoms with Crippen molar-refractivity contribution in [3.05, 3.63) is 41.6 Å². The molecule has 2 nitrogen and oxygen atoms in total. The average molecular weight is 235 g/mol. The van der Waals surface area contributed by atoms with Crippen molar-refractivity contribution in [2.75, 3.05) is 0 Å². The molecule has 1 heterocycles. The first-order chi connectivity index (χ1) is 7.47. The molecule has 0 aliphatic rings. The van der Waals surface area contributed by atoms with Crippen molar-refractivity contribution in [2.45, 2.75) is 26.3 Å². The molecule has 2 aromatic rings. The van der Waals surface area contributed by atoms with Crippen LogP contribution in [0.2, 0.25) is 5.02 Å². The number of halogens is 1. The highest BCUT2D eigenvalue weighted by Gasteiger charge is 2.14.